The van der Waals surface area contributed by atoms with Crippen molar-refractivity contribution in [1.82, 2.24) is 10.2 Å². The molecule has 7 heteroatoms. The molecule has 1 aromatic carbocycles. The van der Waals surface area contributed by atoms with Crippen LogP contribution in [0.1, 0.15) is 36.8 Å². The molecule has 1 fully saturated rings. The fourth-order valence-corrected chi connectivity index (χ4v) is 3.40. The normalized spacial score (nSPS) is 17.6. The Morgan fingerprint density at radius 1 is 1.38 bits per heavy atom. The van der Waals surface area contributed by atoms with E-state index in [1.807, 2.05) is 45.0 Å². The van der Waals surface area contributed by atoms with E-state index in [2.05, 4.69) is 15.5 Å². The molecule has 0 bridgehead atoms. The summed E-state index contributed by atoms with van der Waals surface area (Å²) in [5.41, 5.74) is 1.93. The first-order valence-corrected chi connectivity index (χ1v) is 8.77. The molecule has 1 aliphatic heterocycles. The molecule has 0 aliphatic carbocycles. The fraction of sp³-hybridized carbons (Fsp3) is 0.412. The molecule has 0 radical (unpaired) electrons. The van der Waals surface area contributed by atoms with Crippen LogP contribution in [0.3, 0.4) is 0 Å². The van der Waals surface area contributed by atoms with Gasteiger partial charge >= 0.3 is 0 Å². The van der Waals surface area contributed by atoms with E-state index in [4.69, 9.17) is 0 Å². The number of carbonyl (C=O) groups is 2. The molecule has 0 saturated carbocycles. The lowest BCUT2D eigenvalue weighted by Crippen LogP contribution is -2.28. The Kier molecular flexibility index (Phi) is 4.62. The number of nitrogens with one attached hydrogen (secondary N) is 1. The second-order valence-corrected chi connectivity index (χ2v) is 7.34. The van der Waals surface area contributed by atoms with Crippen LogP contribution in [-0.4, -0.2) is 28.6 Å². The maximum Gasteiger partial charge on any atom is 0.231 e. The van der Waals surface area contributed by atoms with Crippen LogP contribution in [0.4, 0.5) is 10.8 Å². The summed E-state index contributed by atoms with van der Waals surface area (Å²) in [4.78, 5) is 26.4. The van der Waals surface area contributed by atoms with Gasteiger partial charge in [-0.25, -0.2) is 0 Å². The van der Waals surface area contributed by atoms with Crippen molar-refractivity contribution >= 4 is 34.0 Å². The number of amides is 2. The Morgan fingerprint density at radius 2 is 2.17 bits per heavy atom. The van der Waals surface area contributed by atoms with Gasteiger partial charge in [0.2, 0.25) is 16.9 Å². The number of nitrogens with zero attached hydrogens (tertiary/aromatic N) is 3. The molecular formula is C17H20N4O2S. The molecular weight excluding hydrogens is 324 g/mol. The minimum absolute atomic E-state index is 0.0270. The van der Waals surface area contributed by atoms with Crippen molar-refractivity contribution in [3.8, 4) is 0 Å². The summed E-state index contributed by atoms with van der Waals surface area (Å²) in [6.07, 6.45) is 0.218. The zero-order valence-corrected chi connectivity index (χ0v) is 14.8. The van der Waals surface area contributed by atoms with Crippen LogP contribution in [-0.2, 0) is 9.59 Å². The van der Waals surface area contributed by atoms with Crippen molar-refractivity contribution in [3.63, 3.8) is 0 Å². The van der Waals surface area contributed by atoms with E-state index in [-0.39, 0.29) is 30.1 Å². The van der Waals surface area contributed by atoms with Gasteiger partial charge in [0.1, 0.15) is 5.01 Å². The summed E-state index contributed by atoms with van der Waals surface area (Å²) in [7, 11) is 0. The molecule has 6 nitrogen and oxygen atoms in total. The number of anilines is 2. The summed E-state index contributed by atoms with van der Waals surface area (Å²) < 4.78 is 0. The average molecular weight is 344 g/mol. The smallest absolute Gasteiger partial charge is 0.231 e. The molecule has 2 heterocycles. The molecule has 1 aromatic heterocycles. The fourth-order valence-electron chi connectivity index (χ4n) is 2.65. The molecule has 1 atom stereocenters. The number of hydrogen-bond acceptors (Lipinski definition) is 5. The molecule has 3 rings (SSSR count). The van der Waals surface area contributed by atoms with E-state index in [0.717, 1.165) is 16.3 Å². The first-order valence-electron chi connectivity index (χ1n) is 7.95. The van der Waals surface area contributed by atoms with Crippen LogP contribution in [0.2, 0.25) is 0 Å². The Hall–Kier alpha value is -2.28. The maximum absolute atomic E-state index is 12.4. The molecule has 24 heavy (non-hydrogen) atoms. The van der Waals surface area contributed by atoms with Crippen LogP contribution in [0.25, 0.3) is 0 Å². The highest BCUT2D eigenvalue weighted by molar-refractivity contribution is 7.15. The Balaban J connectivity index is 1.67. The van der Waals surface area contributed by atoms with Crippen molar-refractivity contribution in [2.45, 2.75) is 33.1 Å². The minimum atomic E-state index is -0.371. The van der Waals surface area contributed by atoms with Gasteiger partial charge in [-0.15, -0.1) is 10.2 Å². The molecule has 1 unspecified atom stereocenters. The quantitative estimate of drug-likeness (QED) is 0.925. The van der Waals surface area contributed by atoms with Crippen LogP contribution in [0.5, 0.6) is 0 Å². The zero-order chi connectivity index (χ0) is 17.3. The van der Waals surface area contributed by atoms with E-state index >= 15 is 0 Å². The van der Waals surface area contributed by atoms with Gasteiger partial charge in [-0.3, -0.25) is 9.59 Å². The molecule has 2 aromatic rings. The maximum atomic E-state index is 12.4. The van der Waals surface area contributed by atoms with Crippen LogP contribution in [0, 0.1) is 12.8 Å². The summed E-state index contributed by atoms with van der Waals surface area (Å²) in [5.74, 6) is -0.298. The number of hydrogen-bond donors (Lipinski definition) is 1. The third kappa shape index (κ3) is 3.46. The van der Waals surface area contributed by atoms with Crippen molar-refractivity contribution in [3.05, 3.63) is 34.8 Å². The Bertz CT molecular complexity index is 771. The van der Waals surface area contributed by atoms with E-state index in [9.17, 15) is 9.59 Å². The number of rotatable bonds is 4. The molecule has 2 amide bonds. The van der Waals surface area contributed by atoms with Gasteiger partial charge in [0, 0.05) is 24.6 Å². The standard InChI is InChI=1S/C17H20N4O2S/c1-10(2)16-19-20-17(24-16)18-15(23)12-8-14(22)21(9-12)13-6-4-5-11(3)7-13/h4-7,10,12H,8-9H2,1-3H3,(H,18,20,23). The van der Waals surface area contributed by atoms with Crippen LogP contribution in [0.15, 0.2) is 24.3 Å². The van der Waals surface area contributed by atoms with Crippen molar-refractivity contribution < 1.29 is 9.59 Å². The highest BCUT2D eigenvalue weighted by Crippen LogP contribution is 2.28. The van der Waals surface area contributed by atoms with Gasteiger partial charge < -0.3 is 10.2 Å². The Labute approximate surface area is 144 Å². The van der Waals surface area contributed by atoms with Crippen molar-refractivity contribution in [2.75, 3.05) is 16.8 Å². The highest BCUT2D eigenvalue weighted by atomic mass is 32.1. The number of carbonyl (C=O) groups excluding carboxylic acids is 2. The SMILES string of the molecule is Cc1cccc(N2CC(C(=O)Nc3nnc(C(C)C)s3)CC2=O)c1. The number of benzene rings is 1. The Morgan fingerprint density at radius 3 is 2.83 bits per heavy atom. The van der Waals surface area contributed by atoms with Gasteiger partial charge in [-0.2, -0.15) is 0 Å². The second kappa shape index (κ2) is 6.68. The van der Waals surface area contributed by atoms with E-state index in [1.165, 1.54) is 11.3 Å². The predicted octanol–water partition coefficient (Wildman–Crippen LogP) is 2.96. The molecule has 0 spiro atoms. The molecule has 1 N–H and O–H groups in total. The van der Waals surface area contributed by atoms with Gasteiger partial charge in [-0.05, 0) is 24.6 Å². The lowest BCUT2D eigenvalue weighted by atomic mass is 10.1. The van der Waals surface area contributed by atoms with Gasteiger partial charge in [0.05, 0.1) is 5.92 Å². The van der Waals surface area contributed by atoms with Gasteiger partial charge in [-0.1, -0.05) is 37.3 Å². The van der Waals surface area contributed by atoms with E-state index in [1.54, 1.807) is 4.90 Å². The second-order valence-electron chi connectivity index (χ2n) is 6.33. The number of aromatic nitrogens is 2. The van der Waals surface area contributed by atoms with Gasteiger partial charge in [0.15, 0.2) is 0 Å². The zero-order valence-electron chi connectivity index (χ0n) is 13.9. The summed E-state index contributed by atoms with van der Waals surface area (Å²) in [5, 5.41) is 12.2. The van der Waals surface area contributed by atoms with Crippen LogP contribution < -0.4 is 10.2 Å². The monoisotopic (exact) mass is 344 g/mol. The first kappa shape index (κ1) is 16.6. The number of aryl methyl sites for hydroxylation is 1. The first-order chi connectivity index (χ1) is 11.4. The van der Waals surface area contributed by atoms with E-state index < -0.39 is 0 Å². The molecule has 1 saturated heterocycles. The predicted molar refractivity (Wildman–Crippen MR) is 94.3 cm³/mol. The summed E-state index contributed by atoms with van der Waals surface area (Å²) in [6.45, 7) is 6.43. The topological polar surface area (TPSA) is 75.2 Å². The van der Waals surface area contributed by atoms with Gasteiger partial charge in [0.25, 0.3) is 0 Å². The van der Waals surface area contributed by atoms with E-state index in [0.29, 0.717) is 11.7 Å². The largest absolute Gasteiger partial charge is 0.312 e. The average Bonchev–Trinajstić information content (AvgIpc) is 3.14. The lowest BCUT2D eigenvalue weighted by molar-refractivity contribution is -0.122. The molecule has 126 valence electrons. The minimum Gasteiger partial charge on any atom is -0.312 e. The lowest BCUT2D eigenvalue weighted by Gasteiger charge is -2.17. The van der Waals surface area contributed by atoms with Crippen molar-refractivity contribution in [1.29, 1.82) is 0 Å². The summed E-state index contributed by atoms with van der Waals surface area (Å²) >= 11 is 1.38. The molecule has 1 aliphatic rings. The highest BCUT2D eigenvalue weighted by Gasteiger charge is 2.35. The van der Waals surface area contributed by atoms with Crippen molar-refractivity contribution in [2.24, 2.45) is 5.92 Å². The van der Waals surface area contributed by atoms with Crippen LogP contribution >= 0.6 is 11.3 Å². The summed E-state index contributed by atoms with van der Waals surface area (Å²) in [6, 6.07) is 7.75. The third-order valence-electron chi connectivity index (χ3n) is 3.97. The third-order valence-corrected chi connectivity index (χ3v) is 5.11.